The molecule has 17 heavy (non-hydrogen) atoms. The Morgan fingerprint density at radius 2 is 2.35 bits per heavy atom. The molecule has 0 atom stereocenters. The highest BCUT2D eigenvalue weighted by Gasteiger charge is 2.15. The molecule has 0 aliphatic carbocycles. The molecule has 2 N–H and O–H groups in total. The van der Waals surface area contributed by atoms with E-state index in [1.165, 1.54) is 29.2 Å². The number of hydrogen-bond donors (Lipinski definition) is 2. The van der Waals surface area contributed by atoms with Gasteiger partial charge in [0.25, 0.3) is 5.56 Å². The fourth-order valence-electron chi connectivity index (χ4n) is 1.35. The first-order chi connectivity index (χ1) is 8.13. The van der Waals surface area contributed by atoms with Gasteiger partial charge < -0.3 is 10.1 Å². The molecule has 5 nitrogen and oxygen atoms in total. The SMILES string of the molecule is CSc1[nH]c(=O)c(C(=O)O)cc1-c1nccs1. The van der Waals surface area contributed by atoms with Gasteiger partial charge in [0, 0.05) is 17.1 Å². The summed E-state index contributed by atoms with van der Waals surface area (Å²) in [5, 5.41) is 12.0. The third kappa shape index (κ3) is 2.25. The number of aromatic carboxylic acids is 1. The summed E-state index contributed by atoms with van der Waals surface area (Å²) < 4.78 is 0. The average Bonchev–Trinajstić information content (AvgIpc) is 2.81. The summed E-state index contributed by atoms with van der Waals surface area (Å²) in [6.07, 6.45) is 3.44. The van der Waals surface area contributed by atoms with Crippen LogP contribution < -0.4 is 5.56 Å². The quantitative estimate of drug-likeness (QED) is 0.831. The zero-order valence-electron chi connectivity index (χ0n) is 8.76. The number of pyridine rings is 1. The van der Waals surface area contributed by atoms with E-state index in [9.17, 15) is 9.59 Å². The summed E-state index contributed by atoms with van der Waals surface area (Å²) in [7, 11) is 0. The minimum Gasteiger partial charge on any atom is -0.477 e. The van der Waals surface area contributed by atoms with Crippen molar-refractivity contribution in [2.45, 2.75) is 5.03 Å². The molecule has 0 saturated carbocycles. The van der Waals surface area contributed by atoms with Crippen molar-refractivity contribution in [3.05, 3.63) is 33.6 Å². The number of carboxylic acid groups (broad SMARTS) is 1. The fraction of sp³-hybridized carbons (Fsp3) is 0.100. The van der Waals surface area contributed by atoms with Gasteiger partial charge in [-0.2, -0.15) is 0 Å². The fourth-order valence-corrected chi connectivity index (χ4v) is 2.64. The summed E-state index contributed by atoms with van der Waals surface area (Å²) in [4.78, 5) is 29.1. The molecule has 0 aliphatic rings. The highest BCUT2D eigenvalue weighted by Crippen LogP contribution is 2.29. The predicted octanol–water partition coefficient (Wildman–Crippen LogP) is 1.92. The molecule has 2 aromatic rings. The van der Waals surface area contributed by atoms with Gasteiger partial charge in [-0.15, -0.1) is 23.1 Å². The number of carboxylic acids is 1. The maximum Gasteiger partial charge on any atom is 0.341 e. The zero-order valence-corrected chi connectivity index (χ0v) is 10.4. The van der Waals surface area contributed by atoms with Crippen LogP contribution in [0.4, 0.5) is 0 Å². The van der Waals surface area contributed by atoms with Gasteiger partial charge in [-0.1, -0.05) is 0 Å². The minimum atomic E-state index is -1.24. The number of aromatic amines is 1. The van der Waals surface area contributed by atoms with Crippen LogP contribution in [0.2, 0.25) is 0 Å². The molecule has 0 spiro atoms. The Bertz CT molecular complexity index is 605. The number of H-pyrrole nitrogens is 1. The normalized spacial score (nSPS) is 10.4. The molecule has 0 unspecified atom stereocenters. The molecular formula is C10H8N2O3S2. The molecule has 88 valence electrons. The lowest BCUT2D eigenvalue weighted by molar-refractivity contribution is 0.0695. The monoisotopic (exact) mass is 268 g/mol. The molecule has 0 bridgehead atoms. The van der Waals surface area contributed by atoms with E-state index in [-0.39, 0.29) is 5.56 Å². The number of rotatable bonds is 3. The van der Waals surface area contributed by atoms with Crippen LogP contribution in [-0.2, 0) is 0 Å². The van der Waals surface area contributed by atoms with E-state index < -0.39 is 11.5 Å². The first kappa shape index (κ1) is 11.9. The maximum atomic E-state index is 11.5. The minimum absolute atomic E-state index is 0.270. The molecule has 7 heteroatoms. The lowest BCUT2D eigenvalue weighted by Crippen LogP contribution is -2.18. The van der Waals surface area contributed by atoms with Crippen molar-refractivity contribution in [2.24, 2.45) is 0 Å². The van der Waals surface area contributed by atoms with Crippen molar-refractivity contribution < 1.29 is 9.90 Å². The Hall–Kier alpha value is -1.60. The van der Waals surface area contributed by atoms with Crippen LogP contribution in [-0.4, -0.2) is 27.3 Å². The van der Waals surface area contributed by atoms with E-state index in [0.717, 1.165) is 0 Å². The number of hydrogen-bond acceptors (Lipinski definition) is 5. The highest BCUT2D eigenvalue weighted by molar-refractivity contribution is 7.98. The van der Waals surface area contributed by atoms with Crippen molar-refractivity contribution >= 4 is 29.1 Å². The van der Waals surface area contributed by atoms with Crippen LogP contribution in [0, 0.1) is 0 Å². The van der Waals surface area contributed by atoms with Gasteiger partial charge in [0.15, 0.2) is 0 Å². The van der Waals surface area contributed by atoms with Crippen LogP contribution in [0.25, 0.3) is 10.6 Å². The van der Waals surface area contributed by atoms with Gasteiger partial charge in [-0.3, -0.25) is 4.79 Å². The smallest absolute Gasteiger partial charge is 0.341 e. The largest absolute Gasteiger partial charge is 0.477 e. The number of nitrogens with one attached hydrogen (secondary N) is 1. The standard InChI is InChI=1S/C10H8N2O3S2/c1-16-9-6(8-11-2-3-17-8)4-5(10(14)15)7(13)12-9/h2-4H,1H3,(H,12,13)(H,14,15). The van der Waals surface area contributed by atoms with E-state index >= 15 is 0 Å². The molecule has 2 heterocycles. The molecule has 0 aromatic carbocycles. The Kier molecular flexibility index (Phi) is 3.30. The number of aromatic nitrogens is 2. The Balaban J connectivity index is 2.69. The van der Waals surface area contributed by atoms with E-state index in [1.807, 2.05) is 6.26 Å². The number of thioether (sulfide) groups is 1. The second kappa shape index (κ2) is 4.72. The van der Waals surface area contributed by atoms with Crippen LogP contribution >= 0.6 is 23.1 Å². The van der Waals surface area contributed by atoms with Crippen LogP contribution in [0.15, 0.2) is 27.5 Å². The Morgan fingerprint density at radius 3 is 2.88 bits per heavy atom. The number of carbonyl (C=O) groups is 1. The molecule has 2 rings (SSSR count). The molecule has 0 fully saturated rings. The third-order valence-corrected chi connectivity index (χ3v) is 3.64. The highest BCUT2D eigenvalue weighted by atomic mass is 32.2. The molecule has 0 amide bonds. The van der Waals surface area contributed by atoms with Crippen molar-refractivity contribution in [1.82, 2.24) is 9.97 Å². The van der Waals surface area contributed by atoms with E-state index in [0.29, 0.717) is 15.6 Å². The molecule has 0 aliphatic heterocycles. The maximum absolute atomic E-state index is 11.5. The predicted molar refractivity (Wildman–Crippen MR) is 66.9 cm³/mol. The summed E-state index contributed by atoms with van der Waals surface area (Å²) in [6.45, 7) is 0. The van der Waals surface area contributed by atoms with Crippen LogP contribution in [0.5, 0.6) is 0 Å². The van der Waals surface area contributed by atoms with Crippen molar-refractivity contribution in [3.63, 3.8) is 0 Å². The van der Waals surface area contributed by atoms with Gasteiger partial charge in [0.2, 0.25) is 0 Å². The van der Waals surface area contributed by atoms with Crippen molar-refractivity contribution in [3.8, 4) is 10.6 Å². The summed E-state index contributed by atoms with van der Waals surface area (Å²) in [6, 6.07) is 1.37. The van der Waals surface area contributed by atoms with E-state index in [4.69, 9.17) is 5.11 Å². The molecule has 0 radical (unpaired) electrons. The number of nitrogens with zero attached hydrogens (tertiary/aromatic N) is 1. The first-order valence-electron chi connectivity index (χ1n) is 4.58. The summed E-state index contributed by atoms with van der Waals surface area (Å²) in [5.41, 5.74) is -0.223. The molecular weight excluding hydrogens is 260 g/mol. The Labute approximate surface area is 105 Å². The van der Waals surface area contributed by atoms with Crippen molar-refractivity contribution in [1.29, 1.82) is 0 Å². The van der Waals surface area contributed by atoms with Gasteiger partial charge in [-0.05, 0) is 12.3 Å². The van der Waals surface area contributed by atoms with Crippen LogP contribution in [0.1, 0.15) is 10.4 Å². The lowest BCUT2D eigenvalue weighted by atomic mass is 10.2. The second-order valence-corrected chi connectivity index (χ2v) is 4.81. The zero-order chi connectivity index (χ0) is 12.4. The average molecular weight is 268 g/mol. The summed E-state index contributed by atoms with van der Waals surface area (Å²) >= 11 is 2.74. The van der Waals surface area contributed by atoms with E-state index in [1.54, 1.807) is 11.6 Å². The van der Waals surface area contributed by atoms with Gasteiger partial charge in [0.05, 0.1) is 5.03 Å². The first-order valence-corrected chi connectivity index (χ1v) is 6.68. The van der Waals surface area contributed by atoms with E-state index in [2.05, 4.69) is 9.97 Å². The van der Waals surface area contributed by atoms with Crippen LogP contribution in [0.3, 0.4) is 0 Å². The van der Waals surface area contributed by atoms with Gasteiger partial charge >= 0.3 is 5.97 Å². The molecule has 0 saturated heterocycles. The Morgan fingerprint density at radius 1 is 1.59 bits per heavy atom. The third-order valence-electron chi connectivity index (χ3n) is 2.10. The van der Waals surface area contributed by atoms with Gasteiger partial charge in [0.1, 0.15) is 10.6 Å². The topological polar surface area (TPSA) is 83.0 Å². The second-order valence-electron chi connectivity index (χ2n) is 3.10. The molecule has 2 aromatic heterocycles. The number of thiazole rings is 1. The summed E-state index contributed by atoms with van der Waals surface area (Å²) in [5.74, 6) is -1.24. The van der Waals surface area contributed by atoms with Gasteiger partial charge in [-0.25, -0.2) is 9.78 Å². The lowest BCUT2D eigenvalue weighted by Gasteiger charge is -2.05. The van der Waals surface area contributed by atoms with Crippen molar-refractivity contribution in [2.75, 3.05) is 6.26 Å².